The first-order valence-corrected chi connectivity index (χ1v) is 5.72. The molecule has 0 spiro atoms. The summed E-state index contributed by atoms with van der Waals surface area (Å²) < 4.78 is 1.65. The molecule has 1 heterocycles. The first kappa shape index (κ1) is 10.7. The number of nitrogens with two attached hydrogens (primary N) is 1. The number of nitrogens with zero attached hydrogens (tertiary/aromatic N) is 1. The quantitative estimate of drug-likeness (QED) is 0.639. The van der Waals surface area contributed by atoms with E-state index in [0.29, 0.717) is 5.69 Å². The van der Waals surface area contributed by atoms with Gasteiger partial charge in [-0.2, -0.15) is 0 Å². The molecule has 1 aromatic heterocycles. The summed E-state index contributed by atoms with van der Waals surface area (Å²) in [6, 6.07) is 13.2. The number of imidazole rings is 1. The molecule has 3 aromatic rings. The SMILES string of the molecule is Cc1cccc(-n2c(=O)[nH]c3cc(N)ccc32)c1. The van der Waals surface area contributed by atoms with Crippen molar-refractivity contribution in [3.63, 3.8) is 0 Å². The van der Waals surface area contributed by atoms with E-state index >= 15 is 0 Å². The van der Waals surface area contributed by atoms with Gasteiger partial charge in [-0.1, -0.05) is 12.1 Å². The highest BCUT2D eigenvalue weighted by molar-refractivity contribution is 5.80. The minimum absolute atomic E-state index is 0.152. The lowest BCUT2D eigenvalue weighted by atomic mass is 10.2. The van der Waals surface area contributed by atoms with Gasteiger partial charge in [0.25, 0.3) is 0 Å². The smallest absolute Gasteiger partial charge is 0.331 e. The van der Waals surface area contributed by atoms with Gasteiger partial charge in [0, 0.05) is 5.69 Å². The second kappa shape index (κ2) is 3.77. The molecule has 0 saturated heterocycles. The fourth-order valence-electron chi connectivity index (χ4n) is 2.15. The van der Waals surface area contributed by atoms with E-state index in [9.17, 15) is 4.79 Å². The molecule has 0 fully saturated rings. The monoisotopic (exact) mass is 239 g/mol. The fraction of sp³-hybridized carbons (Fsp3) is 0.0714. The van der Waals surface area contributed by atoms with Crippen LogP contribution in [0.3, 0.4) is 0 Å². The number of H-pyrrole nitrogens is 1. The summed E-state index contributed by atoms with van der Waals surface area (Å²) in [5.41, 5.74) is 9.76. The van der Waals surface area contributed by atoms with Crippen LogP contribution >= 0.6 is 0 Å². The summed E-state index contributed by atoms with van der Waals surface area (Å²) in [4.78, 5) is 14.8. The van der Waals surface area contributed by atoms with Crippen LogP contribution in [0.15, 0.2) is 47.3 Å². The van der Waals surface area contributed by atoms with E-state index in [1.54, 1.807) is 16.7 Å². The highest BCUT2D eigenvalue weighted by atomic mass is 16.1. The molecule has 0 unspecified atom stereocenters. The van der Waals surface area contributed by atoms with Gasteiger partial charge in [0.15, 0.2) is 0 Å². The third-order valence-corrected chi connectivity index (χ3v) is 2.97. The summed E-state index contributed by atoms with van der Waals surface area (Å²) in [7, 11) is 0. The lowest BCUT2D eigenvalue weighted by Crippen LogP contribution is -2.14. The van der Waals surface area contributed by atoms with E-state index in [1.807, 2.05) is 37.3 Å². The molecule has 0 bridgehead atoms. The average molecular weight is 239 g/mol. The first-order valence-electron chi connectivity index (χ1n) is 5.72. The Morgan fingerprint density at radius 3 is 2.78 bits per heavy atom. The molecular weight excluding hydrogens is 226 g/mol. The van der Waals surface area contributed by atoms with Gasteiger partial charge in [-0.05, 0) is 42.8 Å². The number of fused-ring (bicyclic) bond motifs is 1. The van der Waals surface area contributed by atoms with Crippen molar-refractivity contribution < 1.29 is 0 Å². The minimum Gasteiger partial charge on any atom is -0.399 e. The van der Waals surface area contributed by atoms with Crippen LogP contribution in [0.5, 0.6) is 0 Å². The van der Waals surface area contributed by atoms with E-state index < -0.39 is 0 Å². The molecule has 4 heteroatoms. The summed E-state index contributed by atoms with van der Waals surface area (Å²) in [5.74, 6) is 0. The van der Waals surface area contributed by atoms with Gasteiger partial charge in [0.1, 0.15) is 0 Å². The lowest BCUT2D eigenvalue weighted by molar-refractivity contribution is 1.01. The van der Waals surface area contributed by atoms with Gasteiger partial charge in [0.05, 0.1) is 16.7 Å². The van der Waals surface area contributed by atoms with Crippen LogP contribution in [0.2, 0.25) is 0 Å². The Morgan fingerprint density at radius 1 is 1.17 bits per heavy atom. The number of nitrogen functional groups attached to an aromatic ring is 1. The zero-order chi connectivity index (χ0) is 12.7. The van der Waals surface area contributed by atoms with Crippen LogP contribution in [-0.2, 0) is 0 Å². The standard InChI is InChI=1S/C14H13N3O/c1-9-3-2-4-11(7-9)17-13-6-5-10(15)8-12(13)16-14(17)18/h2-8H,15H2,1H3,(H,16,18). The maximum atomic E-state index is 12.0. The molecule has 3 N–H and O–H groups in total. The van der Waals surface area contributed by atoms with Gasteiger partial charge in [0.2, 0.25) is 0 Å². The molecule has 0 aliphatic heterocycles. The maximum absolute atomic E-state index is 12.0. The second-order valence-electron chi connectivity index (χ2n) is 4.38. The largest absolute Gasteiger partial charge is 0.399 e. The maximum Gasteiger partial charge on any atom is 0.331 e. The normalized spacial score (nSPS) is 10.9. The van der Waals surface area contributed by atoms with Crippen molar-refractivity contribution in [2.24, 2.45) is 0 Å². The number of hydrogen-bond donors (Lipinski definition) is 2. The molecule has 4 nitrogen and oxygen atoms in total. The molecule has 0 atom stereocenters. The van der Waals surface area contributed by atoms with E-state index in [-0.39, 0.29) is 5.69 Å². The first-order chi connectivity index (χ1) is 8.65. The molecule has 0 radical (unpaired) electrons. The van der Waals surface area contributed by atoms with E-state index in [0.717, 1.165) is 22.3 Å². The number of anilines is 1. The summed E-state index contributed by atoms with van der Waals surface area (Å²) in [6.45, 7) is 2.00. The lowest BCUT2D eigenvalue weighted by Gasteiger charge is -2.04. The van der Waals surface area contributed by atoms with Crippen LogP contribution in [0.25, 0.3) is 16.7 Å². The van der Waals surface area contributed by atoms with Crippen molar-refractivity contribution in [3.05, 3.63) is 58.5 Å². The number of nitrogens with one attached hydrogen (secondary N) is 1. The van der Waals surface area contributed by atoms with Crippen LogP contribution < -0.4 is 11.4 Å². The zero-order valence-corrected chi connectivity index (χ0v) is 9.97. The Balaban J connectivity index is 2.35. The average Bonchev–Trinajstić information content (AvgIpc) is 2.64. The van der Waals surface area contributed by atoms with Crippen molar-refractivity contribution in [1.82, 2.24) is 9.55 Å². The van der Waals surface area contributed by atoms with Crippen molar-refractivity contribution in [1.29, 1.82) is 0 Å². The third kappa shape index (κ3) is 1.59. The molecule has 3 rings (SSSR count). The second-order valence-corrected chi connectivity index (χ2v) is 4.38. The highest BCUT2D eigenvalue weighted by Crippen LogP contribution is 2.18. The summed E-state index contributed by atoms with van der Waals surface area (Å²) in [5, 5.41) is 0. The predicted molar refractivity (Wildman–Crippen MR) is 73.0 cm³/mol. The minimum atomic E-state index is -0.152. The van der Waals surface area contributed by atoms with Crippen LogP contribution in [0.4, 0.5) is 5.69 Å². The van der Waals surface area contributed by atoms with Gasteiger partial charge in [-0.15, -0.1) is 0 Å². The number of aromatic nitrogens is 2. The topological polar surface area (TPSA) is 63.8 Å². The molecular formula is C14H13N3O. The zero-order valence-electron chi connectivity index (χ0n) is 9.97. The number of aryl methyl sites for hydroxylation is 1. The Bertz CT molecular complexity index is 783. The third-order valence-electron chi connectivity index (χ3n) is 2.97. The summed E-state index contributed by atoms with van der Waals surface area (Å²) >= 11 is 0. The molecule has 18 heavy (non-hydrogen) atoms. The Hall–Kier alpha value is -2.49. The summed E-state index contributed by atoms with van der Waals surface area (Å²) in [6.07, 6.45) is 0. The van der Waals surface area contributed by atoms with Crippen molar-refractivity contribution >= 4 is 16.7 Å². The number of rotatable bonds is 1. The van der Waals surface area contributed by atoms with Gasteiger partial charge < -0.3 is 10.7 Å². The Labute approximate surface area is 104 Å². The predicted octanol–water partition coefficient (Wildman–Crippen LogP) is 2.21. The van der Waals surface area contributed by atoms with Crippen molar-refractivity contribution in [2.75, 3.05) is 5.73 Å². The van der Waals surface area contributed by atoms with Gasteiger partial charge in [-0.3, -0.25) is 4.57 Å². The Kier molecular flexibility index (Phi) is 2.23. The van der Waals surface area contributed by atoms with Crippen molar-refractivity contribution in [2.45, 2.75) is 6.92 Å². The number of aromatic amines is 1. The van der Waals surface area contributed by atoms with E-state index in [2.05, 4.69) is 4.98 Å². The molecule has 2 aromatic carbocycles. The van der Waals surface area contributed by atoms with Crippen LogP contribution in [0, 0.1) is 6.92 Å². The van der Waals surface area contributed by atoms with E-state index in [1.165, 1.54) is 0 Å². The van der Waals surface area contributed by atoms with Gasteiger partial charge in [-0.25, -0.2) is 4.79 Å². The highest BCUT2D eigenvalue weighted by Gasteiger charge is 2.08. The Morgan fingerprint density at radius 2 is 2.00 bits per heavy atom. The molecule has 0 aliphatic rings. The molecule has 0 aliphatic carbocycles. The van der Waals surface area contributed by atoms with Crippen molar-refractivity contribution in [3.8, 4) is 5.69 Å². The number of benzene rings is 2. The fourth-order valence-corrected chi connectivity index (χ4v) is 2.15. The van der Waals surface area contributed by atoms with Crippen LogP contribution in [-0.4, -0.2) is 9.55 Å². The number of hydrogen-bond acceptors (Lipinski definition) is 2. The molecule has 0 saturated carbocycles. The van der Waals surface area contributed by atoms with Crippen LogP contribution in [0.1, 0.15) is 5.56 Å². The molecule has 0 amide bonds. The van der Waals surface area contributed by atoms with Gasteiger partial charge >= 0.3 is 5.69 Å². The molecule has 90 valence electrons. The van der Waals surface area contributed by atoms with E-state index in [4.69, 9.17) is 5.73 Å².